The number of aliphatic hydroxyl groups is 1. The highest BCUT2D eigenvalue weighted by molar-refractivity contribution is 5.84. The third kappa shape index (κ3) is 31.7. The molecule has 274 valence electrons. The Labute approximate surface area is 280 Å². The number of carboxylic acids is 2. The largest absolute Gasteiger partial charge is 0.481 e. The van der Waals surface area contributed by atoms with Crippen molar-refractivity contribution in [2.45, 2.75) is 128 Å². The fourth-order valence-electron chi connectivity index (χ4n) is 4.76. The molecule has 0 aromatic carbocycles. The van der Waals surface area contributed by atoms with Gasteiger partial charge in [-0.3, -0.25) is 24.5 Å². The molecule has 0 spiro atoms. The normalized spacial score (nSPS) is 12.4. The van der Waals surface area contributed by atoms with Crippen LogP contribution in [0.1, 0.15) is 116 Å². The Kier molecular flexibility index (Phi) is 31.4. The Hall–Kier alpha value is -2.65. The molecule has 0 fully saturated rings. The smallest absolute Gasteiger partial charge is 0.326 e. The molecule has 0 bridgehead atoms. The lowest BCUT2D eigenvalue weighted by Crippen LogP contribution is -2.41. The first-order valence-corrected chi connectivity index (χ1v) is 17.4. The van der Waals surface area contributed by atoms with Crippen molar-refractivity contribution in [3.05, 3.63) is 0 Å². The molecule has 0 radical (unpaired) electrons. The van der Waals surface area contributed by atoms with Crippen molar-refractivity contribution >= 4 is 30.0 Å². The number of rotatable bonds is 36. The summed E-state index contributed by atoms with van der Waals surface area (Å²) in [5, 5.41) is 34.7. The molecule has 0 saturated carbocycles. The first-order chi connectivity index (χ1) is 22.8. The molecule has 0 aromatic rings. The Morgan fingerprint density at radius 1 is 0.617 bits per heavy atom. The van der Waals surface area contributed by atoms with Gasteiger partial charge in [0.15, 0.2) is 12.5 Å². The quantitative estimate of drug-likeness (QED) is 0.0322. The van der Waals surface area contributed by atoms with E-state index in [4.69, 9.17) is 24.4 Å². The van der Waals surface area contributed by atoms with Gasteiger partial charge in [0.1, 0.15) is 6.04 Å². The van der Waals surface area contributed by atoms with Gasteiger partial charge in [-0.05, 0) is 19.3 Å². The van der Waals surface area contributed by atoms with Crippen LogP contribution in [0.25, 0.3) is 0 Å². The van der Waals surface area contributed by atoms with E-state index < -0.39 is 24.2 Å². The number of carbonyl (C=O) groups is 5. The molecule has 0 heterocycles. The van der Waals surface area contributed by atoms with E-state index in [1.165, 1.54) is 44.9 Å². The van der Waals surface area contributed by atoms with E-state index in [0.717, 1.165) is 38.5 Å². The number of carboxylic acid groups (broad SMARTS) is 2. The molecule has 0 aliphatic heterocycles. The van der Waals surface area contributed by atoms with Gasteiger partial charge in [-0.1, -0.05) is 77.0 Å². The maximum atomic E-state index is 12.2. The highest BCUT2D eigenvalue weighted by Gasteiger charge is 2.20. The van der Waals surface area contributed by atoms with Crippen LogP contribution in [0, 0.1) is 0 Å². The number of hydrogen-bond acceptors (Lipinski definition) is 10. The van der Waals surface area contributed by atoms with Crippen LogP contribution in [0.5, 0.6) is 0 Å². The minimum absolute atomic E-state index is 0.0144. The van der Waals surface area contributed by atoms with E-state index >= 15 is 0 Å². The van der Waals surface area contributed by atoms with Gasteiger partial charge < -0.3 is 40.2 Å². The standard InChI is InChI=1S/C33H61N3O11/c37-21-24-45-23-20-35-31(27-38)47-26-25-46-22-19-34-29(39)18-17-28(33(43)44)36-30(40)15-13-11-9-7-5-3-1-2-4-6-8-10-12-14-16-32(41)42/h27-28,31,35,37H,1-26H2,(H,34,39)(H,36,40)(H,41,42)(H,43,44)/t28-,31?/m0/s1. The number of carbonyl (C=O) groups excluding carboxylic acids is 3. The van der Waals surface area contributed by atoms with Crippen LogP contribution in [0.2, 0.25) is 0 Å². The summed E-state index contributed by atoms with van der Waals surface area (Å²) in [6.45, 7) is 1.66. The molecule has 0 aliphatic carbocycles. The average molecular weight is 676 g/mol. The first-order valence-electron chi connectivity index (χ1n) is 17.4. The van der Waals surface area contributed by atoms with Gasteiger partial charge in [-0.15, -0.1) is 0 Å². The SMILES string of the molecule is O=CC(NCCOCCO)OCCOCCNC(=O)CC[C@H](NC(=O)CCCCCCCCCCCCCCCCC(=O)O)C(=O)O. The van der Waals surface area contributed by atoms with Crippen LogP contribution >= 0.6 is 0 Å². The second-order valence-corrected chi connectivity index (χ2v) is 11.5. The summed E-state index contributed by atoms with van der Waals surface area (Å²) in [7, 11) is 0. The minimum atomic E-state index is -1.17. The summed E-state index contributed by atoms with van der Waals surface area (Å²) in [5.41, 5.74) is 0. The van der Waals surface area contributed by atoms with Crippen molar-refractivity contribution in [1.82, 2.24) is 16.0 Å². The summed E-state index contributed by atoms with van der Waals surface area (Å²) in [6.07, 6.45) is 15.4. The maximum absolute atomic E-state index is 12.2. The number of aliphatic carboxylic acids is 2. The zero-order valence-electron chi connectivity index (χ0n) is 28.2. The van der Waals surface area contributed by atoms with Crippen molar-refractivity contribution in [2.75, 3.05) is 52.7 Å². The van der Waals surface area contributed by atoms with Gasteiger partial charge >= 0.3 is 11.9 Å². The zero-order chi connectivity index (χ0) is 34.8. The van der Waals surface area contributed by atoms with Gasteiger partial charge in [-0.25, -0.2) is 4.79 Å². The monoisotopic (exact) mass is 675 g/mol. The Morgan fingerprint density at radius 3 is 1.68 bits per heavy atom. The summed E-state index contributed by atoms with van der Waals surface area (Å²) in [5.74, 6) is -2.55. The third-order valence-corrected chi connectivity index (χ3v) is 7.38. The maximum Gasteiger partial charge on any atom is 0.326 e. The number of aliphatic hydroxyl groups excluding tert-OH is 1. The minimum Gasteiger partial charge on any atom is -0.481 e. The number of hydrogen-bond donors (Lipinski definition) is 6. The topological polar surface area (TPSA) is 210 Å². The molecular weight excluding hydrogens is 614 g/mol. The Balaban J connectivity index is 3.73. The molecule has 47 heavy (non-hydrogen) atoms. The number of aldehydes is 1. The molecule has 0 aromatic heterocycles. The molecule has 2 atom stereocenters. The fourth-order valence-corrected chi connectivity index (χ4v) is 4.76. The van der Waals surface area contributed by atoms with E-state index in [1.807, 2.05) is 0 Å². The van der Waals surface area contributed by atoms with Crippen molar-refractivity contribution < 1.29 is 53.5 Å². The van der Waals surface area contributed by atoms with Crippen molar-refractivity contribution in [1.29, 1.82) is 0 Å². The van der Waals surface area contributed by atoms with Crippen molar-refractivity contribution in [3.63, 3.8) is 0 Å². The van der Waals surface area contributed by atoms with Crippen LogP contribution < -0.4 is 16.0 Å². The van der Waals surface area contributed by atoms with Crippen LogP contribution in [0.3, 0.4) is 0 Å². The first kappa shape index (κ1) is 44.4. The molecule has 6 N–H and O–H groups in total. The molecule has 0 saturated heterocycles. The highest BCUT2D eigenvalue weighted by Crippen LogP contribution is 2.14. The van der Waals surface area contributed by atoms with Gasteiger partial charge in [0, 0.05) is 32.4 Å². The second kappa shape index (κ2) is 33.3. The van der Waals surface area contributed by atoms with Gasteiger partial charge in [0.2, 0.25) is 11.8 Å². The molecule has 14 heteroatoms. The molecular formula is C33H61N3O11. The summed E-state index contributed by atoms with van der Waals surface area (Å²) >= 11 is 0. The predicted octanol–water partition coefficient (Wildman–Crippen LogP) is 2.94. The molecule has 2 amide bonds. The number of amides is 2. The third-order valence-electron chi connectivity index (χ3n) is 7.38. The van der Waals surface area contributed by atoms with Gasteiger partial charge in [0.05, 0.1) is 39.6 Å². The van der Waals surface area contributed by atoms with E-state index in [2.05, 4.69) is 16.0 Å². The number of nitrogens with one attached hydrogen (secondary N) is 3. The van der Waals surface area contributed by atoms with Crippen LogP contribution in [-0.4, -0.2) is 110 Å². The van der Waals surface area contributed by atoms with E-state index in [1.54, 1.807) is 0 Å². The molecule has 1 unspecified atom stereocenters. The number of ether oxygens (including phenoxy) is 3. The summed E-state index contributed by atoms with van der Waals surface area (Å²) in [4.78, 5) is 57.4. The van der Waals surface area contributed by atoms with E-state index in [0.29, 0.717) is 25.9 Å². The lowest BCUT2D eigenvalue weighted by atomic mass is 10.0. The average Bonchev–Trinajstić information content (AvgIpc) is 3.04. The molecule has 14 nitrogen and oxygen atoms in total. The van der Waals surface area contributed by atoms with Crippen LogP contribution in [0.15, 0.2) is 0 Å². The van der Waals surface area contributed by atoms with Crippen LogP contribution in [0.4, 0.5) is 0 Å². The molecule has 0 aliphatic rings. The van der Waals surface area contributed by atoms with Crippen molar-refractivity contribution in [2.24, 2.45) is 0 Å². The lowest BCUT2D eigenvalue weighted by molar-refractivity contribution is -0.142. The predicted molar refractivity (Wildman–Crippen MR) is 176 cm³/mol. The highest BCUT2D eigenvalue weighted by atomic mass is 16.5. The van der Waals surface area contributed by atoms with Gasteiger partial charge in [-0.2, -0.15) is 0 Å². The van der Waals surface area contributed by atoms with Gasteiger partial charge in [0.25, 0.3) is 0 Å². The summed E-state index contributed by atoms with van der Waals surface area (Å²) in [6, 6.07) is -1.13. The Bertz CT molecular complexity index is 817. The fraction of sp³-hybridized carbons (Fsp3) is 0.848. The number of unbranched alkanes of at least 4 members (excludes halogenated alkanes) is 13. The zero-order valence-corrected chi connectivity index (χ0v) is 28.2. The van der Waals surface area contributed by atoms with E-state index in [9.17, 15) is 29.1 Å². The molecule has 0 rings (SSSR count). The van der Waals surface area contributed by atoms with Crippen LogP contribution in [-0.2, 0) is 38.2 Å². The van der Waals surface area contributed by atoms with E-state index in [-0.39, 0.29) is 77.1 Å². The Morgan fingerprint density at radius 2 is 1.15 bits per heavy atom. The summed E-state index contributed by atoms with van der Waals surface area (Å²) < 4.78 is 15.8. The second-order valence-electron chi connectivity index (χ2n) is 11.5. The van der Waals surface area contributed by atoms with Crippen molar-refractivity contribution in [3.8, 4) is 0 Å². The lowest BCUT2D eigenvalue weighted by Gasteiger charge is -2.15.